The first-order chi connectivity index (χ1) is 6.70. The normalized spacial score (nSPS) is 9.93. The Morgan fingerprint density at radius 2 is 2.43 bits per heavy atom. The van der Waals surface area contributed by atoms with Crippen LogP contribution in [0.3, 0.4) is 0 Å². The van der Waals surface area contributed by atoms with E-state index in [9.17, 15) is 4.39 Å². The molecule has 1 rings (SSSR count). The van der Waals surface area contributed by atoms with Gasteiger partial charge < -0.3 is 10.6 Å². The summed E-state index contributed by atoms with van der Waals surface area (Å²) in [6.45, 7) is 4.32. The Hall–Kier alpha value is -1.42. The number of nitrogens with zero attached hydrogens (tertiary/aromatic N) is 2. The summed E-state index contributed by atoms with van der Waals surface area (Å²) in [5, 5.41) is 0. The largest absolute Gasteiger partial charge is 0.354 e. The van der Waals surface area contributed by atoms with E-state index in [1.54, 1.807) is 30.3 Å². The Bertz CT molecular complexity index is 325. The minimum atomic E-state index is -0.348. The molecule has 0 aliphatic rings. The fourth-order valence-corrected chi connectivity index (χ4v) is 1.18. The lowest BCUT2D eigenvalue weighted by atomic mass is 10.2. The van der Waals surface area contributed by atoms with E-state index in [1.165, 1.54) is 0 Å². The Morgan fingerprint density at radius 3 is 3.00 bits per heavy atom. The van der Waals surface area contributed by atoms with Crippen LogP contribution in [0.2, 0.25) is 0 Å². The van der Waals surface area contributed by atoms with Crippen LogP contribution in [-0.2, 0) is 6.54 Å². The van der Waals surface area contributed by atoms with Crippen LogP contribution in [-0.4, -0.2) is 18.6 Å². The van der Waals surface area contributed by atoms with Crippen molar-refractivity contribution in [3.05, 3.63) is 36.3 Å². The average molecular weight is 195 g/mol. The van der Waals surface area contributed by atoms with Gasteiger partial charge in [0, 0.05) is 31.9 Å². The summed E-state index contributed by atoms with van der Waals surface area (Å²) in [5.41, 5.74) is 5.86. The first-order valence-corrected chi connectivity index (χ1v) is 4.36. The third-order valence-electron chi connectivity index (χ3n) is 1.94. The molecular weight excluding hydrogens is 181 g/mol. The number of hydrogen-bond acceptors (Lipinski definition) is 3. The maximum atomic E-state index is 13.6. The van der Waals surface area contributed by atoms with Crippen LogP contribution in [0.5, 0.6) is 0 Å². The molecule has 0 aliphatic heterocycles. The summed E-state index contributed by atoms with van der Waals surface area (Å²) in [4.78, 5) is 5.64. The summed E-state index contributed by atoms with van der Waals surface area (Å²) in [7, 11) is 1.76. The van der Waals surface area contributed by atoms with Crippen LogP contribution >= 0.6 is 0 Å². The second kappa shape index (κ2) is 4.72. The fourth-order valence-electron chi connectivity index (χ4n) is 1.18. The van der Waals surface area contributed by atoms with Gasteiger partial charge in [0.15, 0.2) is 11.6 Å². The van der Waals surface area contributed by atoms with Gasteiger partial charge in [0.1, 0.15) is 0 Å². The summed E-state index contributed by atoms with van der Waals surface area (Å²) >= 11 is 0. The van der Waals surface area contributed by atoms with Gasteiger partial charge in [-0.3, -0.25) is 0 Å². The molecule has 4 heteroatoms. The second-order valence-electron chi connectivity index (χ2n) is 2.98. The van der Waals surface area contributed by atoms with Gasteiger partial charge in [0.05, 0.1) is 0 Å². The topological polar surface area (TPSA) is 42.2 Å². The molecule has 0 radical (unpaired) electrons. The highest BCUT2D eigenvalue weighted by molar-refractivity contribution is 5.42. The lowest BCUT2D eigenvalue weighted by molar-refractivity contribution is 0.601. The van der Waals surface area contributed by atoms with Gasteiger partial charge in [-0.15, -0.1) is 6.58 Å². The van der Waals surface area contributed by atoms with Gasteiger partial charge in [-0.2, -0.15) is 0 Å². The van der Waals surface area contributed by atoms with Crippen molar-refractivity contribution >= 4 is 5.82 Å². The van der Waals surface area contributed by atoms with Crippen molar-refractivity contribution in [2.75, 3.05) is 18.5 Å². The third-order valence-corrected chi connectivity index (χ3v) is 1.94. The second-order valence-corrected chi connectivity index (χ2v) is 2.98. The highest BCUT2D eigenvalue weighted by Crippen LogP contribution is 2.17. The van der Waals surface area contributed by atoms with E-state index in [2.05, 4.69) is 11.6 Å². The number of rotatable bonds is 4. The third kappa shape index (κ3) is 2.09. The van der Waals surface area contributed by atoms with Gasteiger partial charge in [0.2, 0.25) is 0 Å². The van der Waals surface area contributed by atoms with Crippen LogP contribution in [0.4, 0.5) is 10.2 Å². The van der Waals surface area contributed by atoms with Gasteiger partial charge in [-0.1, -0.05) is 6.08 Å². The number of pyridine rings is 1. The van der Waals surface area contributed by atoms with E-state index < -0.39 is 0 Å². The minimum absolute atomic E-state index is 0.184. The predicted octanol–water partition coefficient (Wildman–Crippen LogP) is 1.30. The van der Waals surface area contributed by atoms with Crippen molar-refractivity contribution in [3.8, 4) is 0 Å². The van der Waals surface area contributed by atoms with Crippen molar-refractivity contribution in [1.29, 1.82) is 0 Å². The van der Waals surface area contributed by atoms with E-state index >= 15 is 0 Å². The average Bonchev–Trinajstić information content (AvgIpc) is 2.18. The Balaban J connectivity index is 3.02. The zero-order chi connectivity index (χ0) is 10.6. The van der Waals surface area contributed by atoms with E-state index in [-0.39, 0.29) is 12.4 Å². The molecule has 1 heterocycles. The highest BCUT2D eigenvalue weighted by Gasteiger charge is 2.10. The molecule has 1 aromatic heterocycles. The molecule has 0 saturated heterocycles. The molecular formula is C10H14FN3. The van der Waals surface area contributed by atoms with E-state index in [4.69, 9.17) is 5.73 Å². The Kier molecular flexibility index (Phi) is 3.59. The van der Waals surface area contributed by atoms with Crippen LogP contribution in [0.25, 0.3) is 0 Å². The van der Waals surface area contributed by atoms with Crippen LogP contribution in [0, 0.1) is 5.82 Å². The fraction of sp³-hybridized carbons (Fsp3) is 0.300. The zero-order valence-corrected chi connectivity index (χ0v) is 8.20. The van der Waals surface area contributed by atoms with Crippen molar-refractivity contribution in [2.45, 2.75) is 6.54 Å². The number of halogens is 1. The van der Waals surface area contributed by atoms with Crippen molar-refractivity contribution in [1.82, 2.24) is 4.98 Å². The summed E-state index contributed by atoms with van der Waals surface area (Å²) < 4.78 is 13.6. The van der Waals surface area contributed by atoms with Crippen molar-refractivity contribution in [2.24, 2.45) is 5.73 Å². The maximum absolute atomic E-state index is 13.6. The quantitative estimate of drug-likeness (QED) is 0.736. The van der Waals surface area contributed by atoms with Crippen LogP contribution < -0.4 is 10.6 Å². The molecule has 3 nitrogen and oxygen atoms in total. The lowest BCUT2D eigenvalue weighted by Crippen LogP contribution is -2.20. The molecule has 0 aliphatic carbocycles. The number of nitrogens with two attached hydrogens (primary N) is 1. The van der Waals surface area contributed by atoms with Gasteiger partial charge in [-0.25, -0.2) is 9.37 Å². The van der Waals surface area contributed by atoms with Crippen LogP contribution in [0.1, 0.15) is 5.56 Å². The van der Waals surface area contributed by atoms with Crippen LogP contribution in [0.15, 0.2) is 24.9 Å². The molecule has 2 N–H and O–H groups in total. The Labute approximate surface area is 83.1 Å². The number of hydrogen-bond donors (Lipinski definition) is 1. The minimum Gasteiger partial charge on any atom is -0.354 e. The van der Waals surface area contributed by atoms with E-state index in [0.29, 0.717) is 17.9 Å². The van der Waals surface area contributed by atoms with Gasteiger partial charge in [-0.05, 0) is 6.07 Å². The lowest BCUT2D eigenvalue weighted by Gasteiger charge is -2.17. The first-order valence-electron chi connectivity index (χ1n) is 4.36. The molecule has 0 bridgehead atoms. The SMILES string of the molecule is C=CCN(C)c1nccc(CN)c1F. The predicted molar refractivity (Wildman–Crippen MR) is 55.6 cm³/mol. The Morgan fingerprint density at radius 1 is 1.71 bits per heavy atom. The summed E-state index contributed by atoms with van der Waals surface area (Å²) in [6, 6.07) is 1.58. The number of aromatic nitrogens is 1. The standard InChI is InChI=1S/C10H14FN3/c1-3-6-14(2)10-9(11)8(7-12)4-5-13-10/h3-5H,1,6-7,12H2,2H3. The molecule has 0 unspecified atom stereocenters. The van der Waals surface area contributed by atoms with E-state index in [1.807, 2.05) is 0 Å². The molecule has 14 heavy (non-hydrogen) atoms. The molecule has 0 fully saturated rings. The molecule has 0 saturated carbocycles. The molecule has 0 amide bonds. The maximum Gasteiger partial charge on any atom is 0.170 e. The molecule has 0 spiro atoms. The monoisotopic (exact) mass is 195 g/mol. The summed E-state index contributed by atoms with van der Waals surface area (Å²) in [5.74, 6) is -0.0350. The first kappa shape index (κ1) is 10.7. The smallest absolute Gasteiger partial charge is 0.170 e. The van der Waals surface area contributed by atoms with E-state index in [0.717, 1.165) is 0 Å². The summed E-state index contributed by atoms with van der Waals surface area (Å²) in [6.07, 6.45) is 3.25. The molecule has 0 aromatic carbocycles. The number of likely N-dealkylation sites (N-methyl/N-ethyl adjacent to an activating group) is 1. The number of anilines is 1. The van der Waals surface area contributed by atoms with Crippen molar-refractivity contribution in [3.63, 3.8) is 0 Å². The highest BCUT2D eigenvalue weighted by atomic mass is 19.1. The zero-order valence-electron chi connectivity index (χ0n) is 8.20. The molecule has 1 aromatic rings. The van der Waals surface area contributed by atoms with Gasteiger partial charge >= 0.3 is 0 Å². The van der Waals surface area contributed by atoms with Gasteiger partial charge in [0.25, 0.3) is 0 Å². The molecule has 76 valence electrons. The molecule has 0 atom stereocenters. The van der Waals surface area contributed by atoms with Crippen molar-refractivity contribution < 1.29 is 4.39 Å².